The number of rotatable bonds is 4. The molecule has 2 N–H and O–H groups in total. The van der Waals surface area contributed by atoms with E-state index in [0.29, 0.717) is 11.6 Å². The fraction of sp³-hybridized carbons (Fsp3) is 0.200. The molecule has 4 heteroatoms. The molecule has 2 aromatic rings. The summed E-state index contributed by atoms with van der Waals surface area (Å²) in [7, 11) is 0. The Morgan fingerprint density at radius 2 is 2.00 bits per heavy atom. The van der Waals surface area contributed by atoms with Crippen molar-refractivity contribution in [3.05, 3.63) is 63.1 Å². The third kappa shape index (κ3) is 3.72. The molecule has 100 valence electrons. The summed E-state index contributed by atoms with van der Waals surface area (Å²) in [6.07, 6.45) is 0. The van der Waals surface area contributed by atoms with Gasteiger partial charge >= 0.3 is 0 Å². The Labute approximate surface area is 126 Å². The number of hydrogen-bond acceptors (Lipinski definition) is 2. The zero-order chi connectivity index (χ0) is 13.8. The van der Waals surface area contributed by atoms with Crippen LogP contribution >= 0.6 is 27.5 Å². The summed E-state index contributed by atoms with van der Waals surface area (Å²) in [5.41, 5.74) is 1.91. The predicted molar refractivity (Wildman–Crippen MR) is 82.5 cm³/mol. The minimum absolute atomic E-state index is 0.174. The summed E-state index contributed by atoms with van der Waals surface area (Å²) >= 11 is 9.54. The average Bonchev–Trinajstić information content (AvgIpc) is 2.38. The van der Waals surface area contributed by atoms with Crippen molar-refractivity contribution in [1.29, 1.82) is 0 Å². The lowest BCUT2D eigenvalue weighted by Gasteiger charge is -2.16. The highest BCUT2D eigenvalue weighted by Crippen LogP contribution is 2.26. The second-order valence-corrected chi connectivity index (χ2v) is 5.72. The average molecular weight is 341 g/mol. The van der Waals surface area contributed by atoms with Crippen LogP contribution in [-0.2, 0) is 6.54 Å². The van der Waals surface area contributed by atoms with Crippen molar-refractivity contribution in [2.45, 2.75) is 19.5 Å². The molecular weight excluding hydrogens is 326 g/mol. The summed E-state index contributed by atoms with van der Waals surface area (Å²) in [4.78, 5) is 0. The SMILES string of the molecule is CC(NCc1c(O)cccc1Cl)c1cccc(Br)c1. The van der Waals surface area contributed by atoms with Crippen LogP contribution in [0.3, 0.4) is 0 Å². The number of aromatic hydroxyl groups is 1. The van der Waals surface area contributed by atoms with Gasteiger partial charge in [0.15, 0.2) is 0 Å². The van der Waals surface area contributed by atoms with Crippen molar-refractivity contribution in [3.63, 3.8) is 0 Å². The van der Waals surface area contributed by atoms with Crippen molar-refractivity contribution < 1.29 is 5.11 Å². The zero-order valence-electron chi connectivity index (χ0n) is 10.5. The van der Waals surface area contributed by atoms with Gasteiger partial charge in [-0.3, -0.25) is 0 Å². The highest BCUT2D eigenvalue weighted by atomic mass is 79.9. The first-order valence-corrected chi connectivity index (χ1v) is 7.20. The lowest BCUT2D eigenvalue weighted by atomic mass is 10.1. The van der Waals surface area contributed by atoms with Crippen molar-refractivity contribution in [1.82, 2.24) is 5.32 Å². The maximum absolute atomic E-state index is 9.79. The van der Waals surface area contributed by atoms with E-state index in [9.17, 15) is 5.11 Å². The van der Waals surface area contributed by atoms with Gasteiger partial charge < -0.3 is 10.4 Å². The fourth-order valence-corrected chi connectivity index (χ4v) is 2.52. The molecule has 0 bridgehead atoms. The lowest BCUT2D eigenvalue weighted by Crippen LogP contribution is -2.18. The summed E-state index contributed by atoms with van der Waals surface area (Å²) in [5, 5.41) is 13.7. The van der Waals surface area contributed by atoms with E-state index in [1.165, 1.54) is 5.56 Å². The second-order valence-electron chi connectivity index (χ2n) is 4.40. The molecule has 0 aliphatic heterocycles. The van der Waals surface area contributed by atoms with Gasteiger partial charge in [0, 0.05) is 27.6 Å². The van der Waals surface area contributed by atoms with Crippen LogP contribution in [0.15, 0.2) is 46.9 Å². The van der Waals surface area contributed by atoms with Crippen LogP contribution in [0.1, 0.15) is 24.1 Å². The monoisotopic (exact) mass is 339 g/mol. The number of nitrogens with one attached hydrogen (secondary N) is 1. The predicted octanol–water partition coefficient (Wildman–Crippen LogP) is 4.66. The number of phenolic OH excluding ortho intramolecular Hbond substituents is 1. The molecule has 0 amide bonds. The molecule has 0 saturated carbocycles. The third-order valence-corrected chi connectivity index (χ3v) is 3.88. The number of halogens is 2. The van der Waals surface area contributed by atoms with Crippen LogP contribution in [0.2, 0.25) is 5.02 Å². The van der Waals surface area contributed by atoms with E-state index in [-0.39, 0.29) is 11.8 Å². The van der Waals surface area contributed by atoms with Gasteiger partial charge in [-0.05, 0) is 36.8 Å². The van der Waals surface area contributed by atoms with E-state index in [2.05, 4.69) is 40.3 Å². The van der Waals surface area contributed by atoms with Crippen LogP contribution in [0.4, 0.5) is 0 Å². The van der Waals surface area contributed by atoms with Gasteiger partial charge in [-0.15, -0.1) is 0 Å². The molecule has 2 rings (SSSR count). The molecule has 0 heterocycles. The van der Waals surface area contributed by atoms with Gasteiger partial charge in [-0.1, -0.05) is 45.7 Å². The Hall–Kier alpha value is -1.03. The maximum atomic E-state index is 9.79. The van der Waals surface area contributed by atoms with Crippen LogP contribution in [0, 0.1) is 0 Å². The Balaban J connectivity index is 2.06. The number of phenols is 1. The molecule has 1 unspecified atom stereocenters. The normalized spacial score (nSPS) is 12.4. The number of hydrogen-bond donors (Lipinski definition) is 2. The molecule has 19 heavy (non-hydrogen) atoms. The van der Waals surface area contributed by atoms with Gasteiger partial charge in [0.25, 0.3) is 0 Å². The molecular formula is C15H15BrClNO. The maximum Gasteiger partial charge on any atom is 0.121 e. The standard InChI is InChI=1S/C15H15BrClNO/c1-10(11-4-2-5-12(16)8-11)18-9-13-14(17)6-3-7-15(13)19/h2-8,10,18-19H,9H2,1H3. The van der Waals surface area contributed by atoms with Crippen molar-refractivity contribution in [3.8, 4) is 5.75 Å². The van der Waals surface area contributed by atoms with E-state index in [1.807, 2.05) is 12.1 Å². The molecule has 0 aliphatic carbocycles. The topological polar surface area (TPSA) is 32.3 Å². The first kappa shape index (κ1) is 14.4. The first-order valence-electron chi connectivity index (χ1n) is 6.03. The summed E-state index contributed by atoms with van der Waals surface area (Å²) in [6.45, 7) is 2.61. The van der Waals surface area contributed by atoms with E-state index >= 15 is 0 Å². The Bertz CT molecular complexity index is 554. The van der Waals surface area contributed by atoms with Crippen LogP contribution in [-0.4, -0.2) is 5.11 Å². The highest BCUT2D eigenvalue weighted by molar-refractivity contribution is 9.10. The minimum atomic E-state index is 0.174. The number of benzene rings is 2. The smallest absolute Gasteiger partial charge is 0.121 e. The molecule has 2 aromatic carbocycles. The van der Waals surface area contributed by atoms with E-state index in [1.54, 1.807) is 18.2 Å². The zero-order valence-corrected chi connectivity index (χ0v) is 12.9. The summed E-state index contributed by atoms with van der Waals surface area (Å²) < 4.78 is 1.05. The van der Waals surface area contributed by atoms with E-state index in [4.69, 9.17) is 11.6 Å². The molecule has 0 radical (unpaired) electrons. The molecule has 0 aromatic heterocycles. The largest absolute Gasteiger partial charge is 0.508 e. The van der Waals surface area contributed by atoms with Gasteiger partial charge in [-0.2, -0.15) is 0 Å². The van der Waals surface area contributed by atoms with Gasteiger partial charge in [0.1, 0.15) is 5.75 Å². The second kappa shape index (κ2) is 6.42. The van der Waals surface area contributed by atoms with Gasteiger partial charge in [0.05, 0.1) is 0 Å². The van der Waals surface area contributed by atoms with Crippen LogP contribution in [0.25, 0.3) is 0 Å². The minimum Gasteiger partial charge on any atom is -0.508 e. The van der Waals surface area contributed by atoms with E-state index in [0.717, 1.165) is 10.0 Å². The fourth-order valence-electron chi connectivity index (χ4n) is 1.87. The van der Waals surface area contributed by atoms with Crippen molar-refractivity contribution >= 4 is 27.5 Å². The lowest BCUT2D eigenvalue weighted by molar-refractivity contribution is 0.460. The van der Waals surface area contributed by atoms with E-state index < -0.39 is 0 Å². The van der Waals surface area contributed by atoms with Gasteiger partial charge in [0.2, 0.25) is 0 Å². The van der Waals surface area contributed by atoms with Crippen LogP contribution < -0.4 is 5.32 Å². The molecule has 0 fully saturated rings. The molecule has 0 spiro atoms. The third-order valence-electron chi connectivity index (χ3n) is 3.03. The van der Waals surface area contributed by atoms with Gasteiger partial charge in [-0.25, -0.2) is 0 Å². The Kier molecular flexibility index (Phi) is 4.86. The molecule has 0 aliphatic rings. The first-order chi connectivity index (χ1) is 9.08. The summed E-state index contributed by atoms with van der Waals surface area (Å²) in [6, 6.07) is 13.5. The van der Waals surface area contributed by atoms with Crippen molar-refractivity contribution in [2.24, 2.45) is 0 Å². The molecule has 0 saturated heterocycles. The Morgan fingerprint density at radius 3 is 2.68 bits per heavy atom. The van der Waals surface area contributed by atoms with Crippen molar-refractivity contribution in [2.75, 3.05) is 0 Å². The Morgan fingerprint density at radius 1 is 1.26 bits per heavy atom. The molecule has 2 nitrogen and oxygen atoms in total. The van der Waals surface area contributed by atoms with Crippen LogP contribution in [0.5, 0.6) is 5.75 Å². The quantitative estimate of drug-likeness (QED) is 0.848. The molecule has 1 atom stereocenters. The summed E-state index contributed by atoms with van der Waals surface area (Å²) in [5.74, 6) is 0.224. The highest BCUT2D eigenvalue weighted by Gasteiger charge is 2.09.